The smallest absolute Gasteiger partial charge is 0.335 e. The predicted molar refractivity (Wildman–Crippen MR) is 119 cm³/mol. The van der Waals surface area contributed by atoms with E-state index in [-0.39, 0.29) is 34.5 Å². The number of fused-ring (bicyclic) bond motifs is 1. The third-order valence-electron chi connectivity index (χ3n) is 5.63. The van der Waals surface area contributed by atoms with Gasteiger partial charge in [0.05, 0.1) is 28.1 Å². The van der Waals surface area contributed by atoms with E-state index in [1.807, 2.05) is 0 Å². The number of benzene rings is 2. The van der Waals surface area contributed by atoms with E-state index in [9.17, 15) is 14.7 Å². The monoisotopic (exact) mass is 471 g/mol. The van der Waals surface area contributed by atoms with E-state index < -0.39 is 11.8 Å². The van der Waals surface area contributed by atoms with Crippen molar-refractivity contribution in [1.82, 2.24) is 9.47 Å². The molecule has 1 aliphatic heterocycles. The number of carbonyl (C=O) groups excluding carboxylic acids is 1. The van der Waals surface area contributed by atoms with Crippen LogP contribution in [0.5, 0.6) is 0 Å². The van der Waals surface area contributed by atoms with Crippen molar-refractivity contribution in [3.63, 3.8) is 0 Å². The minimum absolute atomic E-state index is 0.0427. The number of aromatic nitrogens is 1. The highest BCUT2D eigenvalue weighted by molar-refractivity contribution is 7.99. The van der Waals surface area contributed by atoms with Gasteiger partial charge < -0.3 is 14.6 Å². The number of rotatable bonds is 5. The lowest BCUT2D eigenvalue weighted by atomic mass is 10.1. The summed E-state index contributed by atoms with van der Waals surface area (Å²) in [5.41, 5.74) is 1.06. The lowest BCUT2D eigenvalue weighted by Gasteiger charge is -2.17. The fourth-order valence-corrected chi connectivity index (χ4v) is 5.19. The van der Waals surface area contributed by atoms with E-state index in [4.69, 9.17) is 16.9 Å². The minimum Gasteiger partial charge on any atom is -0.478 e. The molecule has 1 unspecified atom stereocenters. The zero-order valence-corrected chi connectivity index (χ0v) is 18.7. The van der Waals surface area contributed by atoms with Gasteiger partial charge in [0.2, 0.25) is 5.91 Å². The van der Waals surface area contributed by atoms with Crippen molar-refractivity contribution in [2.75, 3.05) is 13.1 Å². The van der Waals surface area contributed by atoms with Crippen LogP contribution >= 0.6 is 23.4 Å². The Kier molecular flexibility index (Phi) is 6.13. The average Bonchev–Trinajstić information content (AvgIpc) is 3.36. The minimum atomic E-state index is -1.03. The molecule has 1 saturated heterocycles. The molecule has 9 heteroatoms. The molecule has 1 N–H and O–H groups in total. The molecule has 164 valence electrons. The molecule has 0 radical (unpaired) electrons. The number of carboxylic acid groups (broad SMARTS) is 1. The highest BCUT2D eigenvalue weighted by atomic mass is 35.5. The average molecular weight is 472 g/mol. The molecule has 4 rings (SSSR count). The van der Waals surface area contributed by atoms with Crippen LogP contribution < -0.4 is 0 Å². The summed E-state index contributed by atoms with van der Waals surface area (Å²) >= 11 is 7.36. The Bertz CT molecular complexity index is 1280. The molecule has 1 atom stereocenters. The lowest BCUT2D eigenvalue weighted by molar-refractivity contribution is -0.130. The van der Waals surface area contributed by atoms with Gasteiger partial charge in [-0.05, 0) is 43.7 Å². The van der Waals surface area contributed by atoms with E-state index in [1.165, 1.54) is 23.9 Å². The number of hydrogen-bond donors (Lipinski definition) is 1. The van der Waals surface area contributed by atoms with Crippen LogP contribution in [0.4, 0.5) is 4.39 Å². The van der Waals surface area contributed by atoms with E-state index in [2.05, 4.69) is 6.07 Å². The summed E-state index contributed by atoms with van der Waals surface area (Å²) < 4.78 is 16.7. The van der Waals surface area contributed by atoms with Gasteiger partial charge in [-0.15, -0.1) is 0 Å². The first-order valence-corrected chi connectivity index (χ1v) is 11.1. The quantitative estimate of drug-likeness (QED) is 0.568. The Labute approximate surface area is 193 Å². The zero-order chi connectivity index (χ0) is 23.0. The normalized spacial score (nSPS) is 15.8. The predicted octanol–water partition coefficient (Wildman–Crippen LogP) is 4.96. The van der Waals surface area contributed by atoms with E-state index in [0.29, 0.717) is 35.5 Å². The van der Waals surface area contributed by atoms with Gasteiger partial charge in [0.15, 0.2) is 5.82 Å². The molecule has 2 heterocycles. The van der Waals surface area contributed by atoms with Crippen LogP contribution in [0, 0.1) is 30.0 Å². The number of carboxylic acids is 1. The van der Waals surface area contributed by atoms with Gasteiger partial charge in [-0.3, -0.25) is 4.79 Å². The largest absolute Gasteiger partial charge is 0.478 e. The Morgan fingerprint density at radius 2 is 2.12 bits per heavy atom. The summed E-state index contributed by atoms with van der Waals surface area (Å²) in [7, 11) is 0. The Morgan fingerprint density at radius 3 is 2.81 bits per heavy atom. The summed E-state index contributed by atoms with van der Waals surface area (Å²) in [6.45, 7) is 2.60. The first kappa shape index (κ1) is 22.2. The summed E-state index contributed by atoms with van der Waals surface area (Å²) in [5.74, 6) is -2.01. The highest BCUT2D eigenvalue weighted by Gasteiger charge is 2.28. The van der Waals surface area contributed by atoms with Crippen LogP contribution in [-0.2, 0) is 11.3 Å². The topological polar surface area (TPSA) is 86.3 Å². The number of likely N-dealkylation sites (tertiary alicyclic amines) is 1. The van der Waals surface area contributed by atoms with Gasteiger partial charge >= 0.3 is 5.97 Å². The molecule has 1 amide bonds. The lowest BCUT2D eigenvalue weighted by Crippen LogP contribution is -2.32. The molecule has 0 aliphatic carbocycles. The van der Waals surface area contributed by atoms with E-state index in [1.54, 1.807) is 40.7 Å². The molecule has 3 aromatic rings. The molecule has 0 spiro atoms. The van der Waals surface area contributed by atoms with Crippen molar-refractivity contribution in [3.8, 4) is 6.07 Å². The Morgan fingerprint density at radius 1 is 1.34 bits per heavy atom. The standard InChI is InChI=1S/C23H19ClFN3O3S/c1-13-22(32-16-4-2-3-15(9-16)23(30)31)17-5-6-18(24)20(25)21(17)28(13)12-19(29)27-8-7-14(10-26)11-27/h2-6,9,14H,7-8,11-12H2,1H3,(H,30,31). The van der Waals surface area contributed by atoms with Crippen LogP contribution in [0.25, 0.3) is 10.9 Å². The molecule has 0 bridgehead atoms. The number of carbonyl (C=O) groups is 2. The molecule has 2 aromatic carbocycles. The van der Waals surface area contributed by atoms with Crippen molar-refractivity contribution >= 4 is 46.1 Å². The summed E-state index contributed by atoms with van der Waals surface area (Å²) in [5, 5.41) is 18.9. The second kappa shape index (κ2) is 8.85. The van der Waals surface area contributed by atoms with Gasteiger partial charge in [-0.25, -0.2) is 9.18 Å². The van der Waals surface area contributed by atoms with Crippen molar-refractivity contribution in [3.05, 3.63) is 58.5 Å². The summed E-state index contributed by atoms with van der Waals surface area (Å²) in [6, 6.07) is 11.9. The fraction of sp³-hybridized carbons (Fsp3) is 0.261. The third-order valence-corrected chi connectivity index (χ3v) is 7.14. The molecular weight excluding hydrogens is 453 g/mol. The number of nitriles is 1. The number of aromatic carboxylic acids is 1. The summed E-state index contributed by atoms with van der Waals surface area (Å²) in [4.78, 5) is 27.3. The maximum Gasteiger partial charge on any atom is 0.335 e. The second-order valence-corrected chi connectivity index (χ2v) is 9.14. The zero-order valence-electron chi connectivity index (χ0n) is 17.1. The van der Waals surface area contributed by atoms with Crippen LogP contribution in [0.2, 0.25) is 5.02 Å². The van der Waals surface area contributed by atoms with Crippen LogP contribution in [0.15, 0.2) is 46.2 Å². The number of amides is 1. The van der Waals surface area contributed by atoms with Crippen molar-refractivity contribution in [2.45, 2.75) is 29.7 Å². The first-order chi connectivity index (χ1) is 15.3. The second-order valence-electron chi connectivity index (χ2n) is 7.65. The van der Waals surface area contributed by atoms with Gasteiger partial charge in [0.25, 0.3) is 0 Å². The maximum absolute atomic E-state index is 15.1. The molecule has 0 saturated carbocycles. The van der Waals surface area contributed by atoms with Crippen molar-refractivity contribution in [1.29, 1.82) is 5.26 Å². The molecule has 1 aromatic heterocycles. The van der Waals surface area contributed by atoms with Crippen LogP contribution in [0.3, 0.4) is 0 Å². The Balaban J connectivity index is 1.75. The number of hydrogen-bond acceptors (Lipinski definition) is 4. The Hall–Kier alpha value is -3.02. The third kappa shape index (κ3) is 4.06. The SMILES string of the molecule is Cc1c(Sc2cccc(C(=O)O)c2)c2ccc(Cl)c(F)c2n1CC(=O)N1CCC(C#N)C1. The van der Waals surface area contributed by atoms with Gasteiger partial charge in [0, 0.05) is 34.0 Å². The number of nitrogens with zero attached hydrogens (tertiary/aromatic N) is 3. The van der Waals surface area contributed by atoms with E-state index in [0.717, 1.165) is 4.90 Å². The first-order valence-electron chi connectivity index (χ1n) is 9.95. The summed E-state index contributed by atoms with van der Waals surface area (Å²) in [6.07, 6.45) is 0.634. The van der Waals surface area contributed by atoms with Crippen LogP contribution in [0.1, 0.15) is 22.5 Å². The molecule has 1 fully saturated rings. The molecule has 32 heavy (non-hydrogen) atoms. The van der Waals surface area contributed by atoms with Crippen molar-refractivity contribution in [2.24, 2.45) is 5.92 Å². The van der Waals surface area contributed by atoms with Gasteiger partial charge in [-0.1, -0.05) is 29.4 Å². The van der Waals surface area contributed by atoms with Gasteiger partial charge in [0.1, 0.15) is 6.54 Å². The highest BCUT2D eigenvalue weighted by Crippen LogP contribution is 2.40. The van der Waals surface area contributed by atoms with E-state index >= 15 is 4.39 Å². The van der Waals surface area contributed by atoms with Crippen molar-refractivity contribution < 1.29 is 19.1 Å². The van der Waals surface area contributed by atoms with Gasteiger partial charge in [-0.2, -0.15) is 5.26 Å². The molecular formula is C23H19ClFN3O3S. The maximum atomic E-state index is 15.1. The van der Waals surface area contributed by atoms with Crippen LogP contribution in [-0.4, -0.2) is 39.5 Å². The molecule has 1 aliphatic rings. The molecule has 6 nitrogen and oxygen atoms in total. The fourth-order valence-electron chi connectivity index (χ4n) is 3.94. The number of halogens is 2.